The van der Waals surface area contributed by atoms with Gasteiger partial charge < -0.3 is 14.4 Å². The van der Waals surface area contributed by atoms with Crippen molar-refractivity contribution < 1.29 is 14.3 Å². The predicted octanol–water partition coefficient (Wildman–Crippen LogP) is 3.54. The molecule has 0 saturated carbocycles. The molecule has 5 nitrogen and oxygen atoms in total. The van der Waals surface area contributed by atoms with Crippen molar-refractivity contribution in [1.82, 2.24) is 9.88 Å². The van der Waals surface area contributed by atoms with Crippen LogP contribution >= 0.6 is 0 Å². The van der Waals surface area contributed by atoms with Crippen molar-refractivity contribution in [2.45, 2.75) is 13.0 Å². The molecule has 5 heteroatoms. The van der Waals surface area contributed by atoms with Crippen LogP contribution in [0.15, 0.2) is 60.8 Å². The van der Waals surface area contributed by atoms with Gasteiger partial charge in [-0.2, -0.15) is 0 Å². The van der Waals surface area contributed by atoms with Crippen molar-refractivity contribution in [2.24, 2.45) is 0 Å². The van der Waals surface area contributed by atoms with Gasteiger partial charge in [-0.05, 0) is 29.8 Å². The number of carbonyl (C=O) groups excluding carboxylic acids is 1. The second kappa shape index (κ2) is 7.04. The Hall–Kier alpha value is -3.08. The van der Waals surface area contributed by atoms with Crippen LogP contribution in [0.2, 0.25) is 0 Å². The number of nitrogens with zero attached hydrogens (tertiary/aromatic N) is 2. The third-order valence-corrected chi connectivity index (χ3v) is 4.46. The summed E-state index contributed by atoms with van der Waals surface area (Å²) < 4.78 is 11.5. The molecule has 2 heterocycles. The molecule has 0 N–H and O–H groups in total. The first-order valence-corrected chi connectivity index (χ1v) is 8.77. The largest absolute Gasteiger partial charge is 0.493 e. The van der Waals surface area contributed by atoms with Crippen LogP contribution in [0, 0.1) is 0 Å². The van der Waals surface area contributed by atoms with Gasteiger partial charge in [-0.15, -0.1) is 0 Å². The van der Waals surface area contributed by atoms with Crippen LogP contribution < -0.4 is 9.47 Å². The van der Waals surface area contributed by atoms with E-state index in [4.69, 9.17) is 9.47 Å². The number of hydrogen-bond donors (Lipinski definition) is 0. The molecule has 1 fully saturated rings. The molecule has 0 radical (unpaired) electrons. The number of carbonyl (C=O) groups is 1. The molecule has 0 unspecified atom stereocenters. The molecule has 0 bridgehead atoms. The zero-order valence-electron chi connectivity index (χ0n) is 14.6. The van der Waals surface area contributed by atoms with Crippen molar-refractivity contribution in [2.75, 3.05) is 19.7 Å². The molecule has 1 aliphatic rings. The van der Waals surface area contributed by atoms with E-state index in [2.05, 4.69) is 4.98 Å². The molecule has 3 aromatic rings. The summed E-state index contributed by atoms with van der Waals surface area (Å²) >= 11 is 0. The van der Waals surface area contributed by atoms with Gasteiger partial charge in [0.25, 0.3) is 5.91 Å². The highest BCUT2D eigenvalue weighted by molar-refractivity contribution is 6.09. The van der Waals surface area contributed by atoms with Crippen LogP contribution in [0.1, 0.15) is 17.3 Å². The van der Waals surface area contributed by atoms with Gasteiger partial charge in [0, 0.05) is 12.3 Å². The van der Waals surface area contributed by atoms with E-state index in [1.54, 1.807) is 11.1 Å². The first-order chi connectivity index (χ1) is 12.8. The summed E-state index contributed by atoms with van der Waals surface area (Å²) in [6.07, 6.45) is 1.67. The fourth-order valence-electron chi connectivity index (χ4n) is 3.17. The molecule has 4 rings (SSSR count). The summed E-state index contributed by atoms with van der Waals surface area (Å²) in [4.78, 5) is 19.1. The third-order valence-electron chi connectivity index (χ3n) is 4.46. The summed E-state index contributed by atoms with van der Waals surface area (Å²) in [7, 11) is 0. The van der Waals surface area contributed by atoms with Crippen LogP contribution in [0.4, 0.5) is 0 Å². The number of likely N-dealkylation sites (tertiary alicyclic amines) is 1. The van der Waals surface area contributed by atoms with Gasteiger partial charge >= 0.3 is 0 Å². The average Bonchev–Trinajstić information content (AvgIpc) is 2.65. The number of aromatic nitrogens is 1. The minimum atomic E-state index is -0.0284. The van der Waals surface area contributed by atoms with Gasteiger partial charge in [-0.25, -0.2) is 4.98 Å². The smallest absolute Gasteiger partial charge is 0.258 e. The second-order valence-electron chi connectivity index (χ2n) is 6.21. The molecule has 1 saturated heterocycles. The van der Waals surface area contributed by atoms with Crippen LogP contribution in [0.3, 0.4) is 0 Å². The summed E-state index contributed by atoms with van der Waals surface area (Å²) in [6, 6.07) is 17.3. The standard InChI is InChI=1S/C21H20N2O3/c1-2-25-18-11-10-15-7-3-4-8-17(15)20(18)21(24)23-13-16(14-23)26-19-9-5-6-12-22-19/h3-12,16H,2,13-14H2,1H3. The monoisotopic (exact) mass is 348 g/mol. The van der Waals surface area contributed by atoms with E-state index < -0.39 is 0 Å². The van der Waals surface area contributed by atoms with E-state index in [1.165, 1.54) is 0 Å². The van der Waals surface area contributed by atoms with Crippen molar-refractivity contribution in [3.05, 3.63) is 66.4 Å². The highest BCUT2D eigenvalue weighted by Gasteiger charge is 2.35. The van der Waals surface area contributed by atoms with E-state index >= 15 is 0 Å². The maximum absolute atomic E-state index is 13.1. The van der Waals surface area contributed by atoms with Crippen LogP contribution in [-0.4, -0.2) is 41.6 Å². The summed E-state index contributed by atoms with van der Waals surface area (Å²) in [5, 5.41) is 1.94. The van der Waals surface area contributed by atoms with Gasteiger partial charge in [0.05, 0.1) is 25.3 Å². The molecule has 1 aliphatic heterocycles. The lowest BCUT2D eigenvalue weighted by Gasteiger charge is -2.39. The Morgan fingerprint density at radius 3 is 2.69 bits per heavy atom. The lowest BCUT2D eigenvalue weighted by atomic mass is 10.0. The first kappa shape index (κ1) is 16.4. The SMILES string of the molecule is CCOc1ccc2ccccc2c1C(=O)N1CC(Oc2ccccn2)C1. The van der Waals surface area contributed by atoms with Gasteiger partial charge in [0.15, 0.2) is 0 Å². The number of ether oxygens (including phenoxy) is 2. The average molecular weight is 348 g/mol. The van der Waals surface area contributed by atoms with Crippen LogP contribution in [0.5, 0.6) is 11.6 Å². The highest BCUT2D eigenvalue weighted by Crippen LogP contribution is 2.31. The Kier molecular flexibility index (Phi) is 4.44. The van der Waals surface area contributed by atoms with Crippen LogP contribution in [-0.2, 0) is 0 Å². The molecule has 132 valence electrons. The number of fused-ring (bicyclic) bond motifs is 1. The number of rotatable bonds is 5. The van der Waals surface area contributed by atoms with E-state index in [9.17, 15) is 4.79 Å². The number of benzene rings is 2. The van der Waals surface area contributed by atoms with E-state index in [1.807, 2.05) is 61.5 Å². The highest BCUT2D eigenvalue weighted by atomic mass is 16.5. The molecule has 26 heavy (non-hydrogen) atoms. The normalized spacial score (nSPS) is 14.1. The predicted molar refractivity (Wildman–Crippen MR) is 99.7 cm³/mol. The van der Waals surface area contributed by atoms with Gasteiger partial charge in [-0.1, -0.05) is 36.4 Å². The molecule has 1 amide bonds. The quantitative estimate of drug-likeness (QED) is 0.708. The summed E-state index contributed by atoms with van der Waals surface area (Å²) in [5.41, 5.74) is 0.626. The minimum Gasteiger partial charge on any atom is -0.493 e. The van der Waals surface area contributed by atoms with Gasteiger partial charge in [0.1, 0.15) is 11.9 Å². The lowest BCUT2D eigenvalue weighted by Crippen LogP contribution is -2.56. The van der Waals surface area contributed by atoms with Crippen LogP contribution in [0.25, 0.3) is 10.8 Å². The third kappa shape index (κ3) is 3.08. The second-order valence-corrected chi connectivity index (χ2v) is 6.21. The van der Waals surface area contributed by atoms with E-state index in [0.717, 1.165) is 10.8 Å². The molecule has 0 aliphatic carbocycles. The Morgan fingerprint density at radius 1 is 1.12 bits per heavy atom. The molecular formula is C21H20N2O3. The Balaban J connectivity index is 1.54. The topological polar surface area (TPSA) is 51.7 Å². The minimum absolute atomic E-state index is 0.0221. The first-order valence-electron chi connectivity index (χ1n) is 8.77. The number of amides is 1. The van der Waals surface area contributed by atoms with Gasteiger partial charge in [-0.3, -0.25) is 4.79 Å². The fraction of sp³-hybridized carbons (Fsp3) is 0.238. The van der Waals surface area contributed by atoms with Crippen molar-refractivity contribution in [1.29, 1.82) is 0 Å². The molecule has 1 aromatic heterocycles. The van der Waals surface area contributed by atoms with Crippen molar-refractivity contribution in [3.63, 3.8) is 0 Å². The zero-order valence-corrected chi connectivity index (χ0v) is 14.6. The summed E-state index contributed by atoms with van der Waals surface area (Å²) in [6.45, 7) is 3.53. The Bertz CT molecular complexity index is 921. The van der Waals surface area contributed by atoms with E-state index in [0.29, 0.717) is 36.9 Å². The molecule has 2 aromatic carbocycles. The van der Waals surface area contributed by atoms with E-state index in [-0.39, 0.29) is 12.0 Å². The fourth-order valence-corrected chi connectivity index (χ4v) is 3.17. The maximum Gasteiger partial charge on any atom is 0.258 e. The molecule has 0 spiro atoms. The molecule has 0 atom stereocenters. The van der Waals surface area contributed by atoms with Crippen molar-refractivity contribution in [3.8, 4) is 11.6 Å². The van der Waals surface area contributed by atoms with Crippen molar-refractivity contribution >= 4 is 16.7 Å². The lowest BCUT2D eigenvalue weighted by molar-refractivity contribution is 0.0159. The number of pyridine rings is 1. The Labute approximate surface area is 152 Å². The maximum atomic E-state index is 13.1. The number of hydrogen-bond acceptors (Lipinski definition) is 4. The molecular weight excluding hydrogens is 328 g/mol. The van der Waals surface area contributed by atoms with Gasteiger partial charge in [0.2, 0.25) is 5.88 Å². The zero-order chi connectivity index (χ0) is 17.9. The summed E-state index contributed by atoms with van der Waals surface area (Å²) in [5.74, 6) is 1.20. The Morgan fingerprint density at radius 2 is 1.92 bits per heavy atom.